The second kappa shape index (κ2) is 7.23. The van der Waals surface area contributed by atoms with Gasteiger partial charge in [0.2, 0.25) is 0 Å². The Morgan fingerprint density at radius 2 is 2.19 bits per heavy atom. The molecule has 0 fully saturated rings. The molecule has 2 aromatic carbocycles. The van der Waals surface area contributed by atoms with Crippen LogP contribution in [0.1, 0.15) is 6.92 Å². The Kier molecular flexibility index (Phi) is 5.34. The zero-order valence-corrected chi connectivity index (χ0v) is 12.3. The van der Waals surface area contributed by atoms with Crippen molar-refractivity contribution in [3.63, 3.8) is 0 Å². The minimum atomic E-state index is -0.0151. The molecule has 0 bridgehead atoms. The van der Waals surface area contributed by atoms with Gasteiger partial charge in [-0.1, -0.05) is 17.2 Å². The van der Waals surface area contributed by atoms with Crippen LogP contribution in [0.3, 0.4) is 0 Å². The fourth-order valence-corrected chi connectivity index (χ4v) is 2.54. The maximum absolute atomic E-state index is 10.5. The number of benzene rings is 2. The van der Waals surface area contributed by atoms with Crippen molar-refractivity contribution in [1.29, 1.82) is 0 Å². The fraction of sp³-hybridized carbons (Fsp3) is 0.231. The van der Waals surface area contributed by atoms with Crippen LogP contribution in [0.5, 0.6) is 5.75 Å². The van der Waals surface area contributed by atoms with Gasteiger partial charge in [0.05, 0.1) is 16.9 Å². The largest absolute Gasteiger partial charge is 0.505 e. The van der Waals surface area contributed by atoms with Gasteiger partial charge >= 0.3 is 0 Å². The Labute approximate surface area is 125 Å². The van der Waals surface area contributed by atoms with Crippen LogP contribution >= 0.6 is 12.0 Å². The molecule has 0 unspecified atom stereocenters. The summed E-state index contributed by atoms with van der Waals surface area (Å²) in [7, 11) is 1.50. The zero-order valence-electron chi connectivity index (χ0n) is 11.5. The van der Waals surface area contributed by atoms with Crippen LogP contribution in [0.2, 0.25) is 0 Å². The standard InChI is InChI=1S/C13H15N3O4S/c1-3-15-9-6-4-5-8-7-10(21-20-19-18)12(16-14-2)13(17)11(8)9/h4-7,15,17-18H,3H2,1-2H3. The summed E-state index contributed by atoms with van der Waals surface area (Å²) in [6, 6.07) is 7.37. The molecule has 2 rings (SSSR count). The number of aromatic hydroxyl groups is 1. The van der Waals surface area contributed by atoms with Gasteiger partial charge in [0.25, 0.3) is 0 Å². The third-order valence-electron chi connectivity index (χ3n) is 2.80. The predicted octanol–water partition coefficient (Wildman–Crippen LogP) is 4.12. The highest BCUT2D eigenvalue weighted by Gasteiger charge is 2.16. The summed E-state index contributed by atoms with van der Waals surface area (Å²) in [5, 5.41) is 34.6. The molecule has 0 radical (unpaired) electrons. The number of phenols is 1. The summed E-state index contributed by atoms with van der Waals surface area (Å²) in [6.45, 7) is 2.69. The van der Waals surface area contributed by atoms with Gasteiger partial charge < -0.3 is 10.4 Å². The molecule has 0 saturated heterocycles. The summed E-state index contributed by atoms with van der Waals surface area (Å²) in [5.41, 5.74) is 1.05. The Hall–Kier alpha value is -1.87. The third-order valence-corrected chi connectivity index (χ3v) is 3.42. The lowest BCUT2D eigenvalue weighted by Crippen LogP contribution is -1.97. The van der Waals surface area contributed by atoms with Crippen LogP contribution in [0.15, 0.2) is 39.4 Å². The van der Waals surface area contributed by atoms with Crippen LogP contribution in [-0.4, -0.2) is 24.0 Å². The lowest BCUT2D eigenvalue weighted by Gasteiger charge is -2.13. The second-order valence-corrected chi connectivity index (χ2v) is 4.77. The number of phenolic OH excluding ortho intramolecular Hbond substituents is 1. The van der Waals surface area contributed by atoms with Gasteiger partial charge in [0, 0.05) is 24.7 Å². The maximum atomic E-state index is 10.5. The number of azo groups is 1. The highest BCUT2D eigenvalue weighted by atomic mass is 32.2. The molecule has 0 atom stereocenters. The number of hydrogen-bond acceptors (Lipinski definition) is 8. The van der Waals surface area contributed by atoms with E-state index in [4.69, 9.17) is 5.26 Å². The number of fused-ring (bicyclic) bond motifs is 1. The van der Waals surface area contributed by atoms with E-state index in [0.29, 0.717) is 10.3 Å². The highest BCUT2D eigenvalue weighted by molar-refractivity contribution is 7.94. The molecular weight excluding hydrogens is 294 g/mol. The van der Waals surface area contributed by atoms with Gasteiger partial charge in [-0.25, -0.2) is 5.26 Å². The van der Waals surface area contributed by atoms with E-state index in [1.54, 1.807) is 6.07 Å². The van der Waals surface area contributed by atoms with Crippen LogP contribution in [0, 0.1) is 0 Å². The van der Waals surface area contributed by atoms with Crippen LogP contribution in [-0.2, 0) is 9.37 Å². The molecule has 8 heteroatoms. The third kappa shape index (κ3) is 3.24. The number of nitrogens with one attached hydrogen (secondary N) is 1. The molecule has 0 aliphatic heterocycles. The van der Waals surface area contributed by atoms with E-state index in [1.165, 1.54) is 7.05 Å². The molecule has 0 spiro atoms. The van der Waals surface area contributed by atoms with E-state index < -0.39 is 0 Å². The predicted molar refractivity (Wildman–Crippen MR) is 80.9 cm³/mol. The van der Waals surface area contributed by atoms with Gasteiger partial charge in [0.15, 0.2) is 5.75 Å². The fourth-order valence-electron chi connectivity index (χ4n) is 2.05. The molecule has 112 valence electrons. The van der Waals surface area contributed by atoms with Gasteiger partial charge in [-0.05, 0) is 24.4 Å². The van der Waals surface area contributed by atoms with Crippen molar-refractivity contribution in [2.45, 2.75) is 11.8 Å². The van der Waals surface area contributed by atoms with Gasteiger partial charge in [-0.2, -0.15) is 10.2 Å². The van der Waals surface area contributed by atoms with Crippen molar-refractivity contribution < 1.29 is 19.7 Å². The van der Waals surface area contributed by atoms with E-state index in [-0.39, 0.29) is 11.4 Å². The zero-order chi connectivity index (χ0) is 15.2. The first-order chi connectivity index (χ1) is 10.2. The number of rotatable bonds is 6. The molecule has 7 nitrogen and oxygen atoms in total. The van der Waals surface area contributed by atoms with Crippen molar-refractivity contribution in [2.24, 2.45) is 10.2 Å². The summed E-state index contributed by atoms with van der Waals surface area (Å²) < 4.78 is 4.43. The van der Waals surface area contributed by atoms with Crippen molar-refractivity contribution in [3.05, 3.63) is 24.3 Å². The van der Waals surface area contributed by atoms with Crippen LogP contribution in [0.4, 0.5) is 11.4 Å². The first-order valence-corrected chi connectivity index (χ1v) is 6.94. The Morgan fingerprint density at radius 3 is 2.86 bits per heavy atom. The molecule has 3 N–H and O–H groups in total. The SMILES string of the molecule is CCNc1cccc2cc(SOOO)c(N=NC)c(O)c12. The molecule has 0 saturated carbocycles. The number of anilines is 1. The van der Waals surface area contributed by atoms with Crippen LogP contribution in [0.25, 0.3) is 10.8 Å². The molecule has 0 aliphatic rings. The molecule has 21 heavy (non-hydrogen) atoms. The molecule has 0 aromatic heterocycles. The average molecular weight is 309 g/mol. The minimum Gasteiger partial charge on any atom is -0.505 e. The van der Waals surface area contributed by atoms with Crippen molar-refractivity contribution in [3.8, 4) is 5.75 Å². The van der Waals surface area contributed by atoms with Gasteiger partial charge in [-0.3, -0.25) is 0 Å². The first-order valence-electron chi connectivity index (χ1n) is 6.20. The Bertz CT molecular complexity index is 663. The van der Waals surface area contributed by atoms with E-state index in [9.17, 15) is 5.11 Å². The van der Waals surface area contributed by atoms with E-state index in [0.717, 1.165) is 29.7 Å². The van der Waals surface area contributed by atoms with Crippen molar-refractivity contribution >= 4 is 34.2 Å². The summed E-state index contributed by atoms with van der Waals surface area (Å²) >= 11 is 0.729. The van der Waals surface area contributed by atoms with Crippen molar-refractivity contribution in [2.75, 3.05) is 18.9 Å². The Morgan fingerprint density at radius 1 is 1.38 bits per heavy atom. The monoisotopic (exact) mass is 309 g/mol. The summed E-state index contributed by atoms with van der Waals surface area (Å²) in [4.78, 5) is 0.466. The Balaban J connectivity index is 2.68. The lowest BCUT2D eigenvalue weighted by molar-refractivity contribution is -0.432. The second-order valence-electron chi connectivity index (χ2n) is 4.03. The lowest BCUT2D eigenvalue weighted by atomic mass is 10.1. The number of nitrogens with zero attached hydrogens (tertiary/aromatic N) is 2. The summed E-state index contributed by atoms with van der Waals surface area (Å²) in [6.07, 6.45) is 0. The molecule has 0 aliphatic carbocycles. The van der Waals surface area contributed by atoms with Gasteiger partial charge in [-0.15, -0.1) is 4.33 Å². The van der Waals surface area contributed by atoms with E-state index in [1.807, 2.05) is 25.1 Å². The molecule has 0 heterocycles. The van der Waals surface area contributed by atoms with Crippen molar-refractivity contribution in [1.82, 2.24) is 0 Å². The quantitative estimate of drug-likeness (QED) is 0.321. The average Bonchev–Trinajstić information content (AvgIpc) is 2.48. The van der Waals surface area contributed by atoms with Crippen LogP contribution < -0.4 is 5.32 Å². The molecule has 0 amide bonds. The van der Waals surface area contributed by atoms with Gasteiger partial charge in [0.1, 0.15) is 5.69 Å². The minimum absolute atomic E-state index is 0.0151. The number of hydrogen-bond donors (Lipinski definition) is 3. The van der Waals surface area contributed by atoms with E-state index >= 15 is 0 Å². The first kappa shape index (κ1) is 15.5. The summed E-state index contributed by atoms with van der Waals surface area (Å²) in [5.74, 6) is -0.0151. The smallest absolute Gasteiger partial charge is 0.154 e. The topological polar surface area (TPSA) is 95.7 Å². The molecular formula is C13H15N3O4S. The normalized spacial score (nSPS) is 11.4. The maximum Gasteiger partial charge on any atom is 0.154 e. The molecule has 2 aromatic rings. The van der Waals surface area contributed by atoms with E-state index in [2.05, 4.69) is 24.9 Å². The highest BCUT2D eigenvalue weighted by Crippen LogP contribution is 2.45.